The highest BCUT2D eigenvalue weighted by molar-refractivity contribution is 5.17. The van der Waals surface area contributed by atoms with Crippen molar-refractivity contribution in [1.29, 1.82) is 0 Å². The van der Waals surface area contributed by atoms with Crippen LogP contribution in [0.2, 0.25) is 0 Å². The van der Waals surface area contributed by atoms with Gasteiger partial charge in [-0.15, -0.1) is 0 Å². The summed E-state index contributed by atoms with van der Waals surface area (Å²) in [5.74, 6) is 1.03. The van der Waals surface area contributed by atoms with E-state index in [4.69, 9.17) is 4.74 Å². The van der Waals surface area contributed by atoms with E-state index in [-0.39, 0.29) is 34.9 Å². The molecule has 0 unspecified atom stereocenters. The van der Waals surface area contributed by atoms with Crippen LogP contribution in [0.25, 0.3) is 0 Å². The van der Waals surface area contributed by atoms with Crippen molar-refractivity contribution < 1.29 is 20.1 Å². The number of rotatable bonds is 0. The van der Waals surface area contributed by atoms with E-state index in [1.165, 1.54) is 0 Å². The fraction of sp³-hybridized carbons (Fsp3) is 1.00. The molecule has 0 aromatic carbocycles. The lowest BCUT2D eigenvalue weighted by molar-refractivity contribution is -0.215. The van der Waals surface area contributed by atoms with Crippen LogP contribution in [0, 0.1) is 34.5 Å². The molecular weight excluding hydrogens is 292 g/mol. The van der Waals surface area contributed by atoms with Gasteiger partial charge in [0.25, 0.3) is 0 Å². The third kappa shape index (κ3) is 1.71. The van der Waals surface area contributed by atoms with Crippen LogP contribution in [0.15, 0.2) is 0 Å². The first-order valence-electron chi connectivity index (χ1n) is 9.57. The first-order chi connectivity index (χ1) is 10.9. The molecular formula is C19H30O4. The van der Waals surface area contributed by atoms with Crippen LogP contribution in [0.3, 0.4) is 0 Å². The Morgan fingerprint density at radius 1 is 0.826 bits per heavy atom. The van der Waals surface area contributed by atoms with Gasteiger partial charge in [-0.1, -0.05) is 13.8 Å². The third-order valence-corrected chi connectivity index (χ3v) is 8.95. The lowest BCUT2D eigenvalue weighted by Gasteiger charge is -2.62. The smallest absolute Gasteiger partial charge is 0.0900 e. The molecule has 5 rings (SSSR count). The number of aliphatic hydroxyl groups excluding tert-OH is 3. The van der Waals surface area contributed by atoms with Crippen molar-refractivity contribution in [2.45, 2.75) is 82.9 Å². The van der Waals surface area contributed by atoms with E-state index in [0.29, 0.717) is 17.9 Å². The summed E-state index contributed by atoms with van der Waals surface area (Å²) in [6.07, 6.45) is 5.11. The molecule has 1 saturated heterocycles. The highest BCUT2D eigenvalue weighted by atomic mass is 16.6. The van der Waals surface area contributed by atoms with E-state index in [1.807, 2.05) is 0 Å². The van der Waals surface area contributed by atoms with Crippen molar-refractivity contribution in [3.63, 3.8) is 0 Å². The maximum atomic E-state index is 11.0. The monoisotopic (exact) mass is 322 g/mol. The molecule has 4 saturated carbocycles. The van der Waals surface area contributed by atoms with Crippen LogP contribution in [0.4, 0.5) is 0 Å². The molecule has 5 fully saturated rings. The van der Waals surface area contributed by atoms with Crippen molar-refractivity contribution >= 4 is 0 Å². The summed E-state index contributed by atoms with van der Waals surface area (Å²) in [4.78, 5) is 0. The molecule has 5 aliphatic rings. The van der Waals surface area contributed by atoms with Gasteiger partial charge >= 0.3 is 0 Å². The highest BCUT2D eigenvalue weighted by Crippen LogP contribution is 2.68. The van der Waals surface area contributed by atoms with Crippen LogP contribution in [0.1, 0.15) is 52.4 Å². The van der Waals surface area contributed by atoms with Crippen LogP contribution >= 0.6 is 0 Å². The maximum absolute atomic E-state index is 11.0. The van der Waals surface area contributed by atoms with Gasteiger partial charge < -0.3 is 20.1 Å². The average Bonchev–Trinajstić information content (AvgIpc) is 3.23. The lowest BCUT2D eigenvalue weighted by Crippen LogP contribution is -2.64. The predicted molar refractivity (Wildman–Crippen MR) is 84.6 cm³/mol. The van der Waals surface area contributed by atoms with Gasteiger partial charge in [0, 0.05) is 5.92 Å². The topological polar surface area (TPSA) is 73.2 Å². The van der Waals surface area contributed by atoms with Crippen molar-refractivity contribution in [1.82, 2.24) is 0 Å². The van der Waals surface area contributed by atoms with Crippen LogP contribution < -0.4 is 0 Å². The largest absolute Gasteiger partial charge is 0.393 e. The normalized spacial score (nSPS) is 66.9. The Balaban J connectivity index is 1.55. The minimum absolute atomic E-state index is 0.0711. The highest BCUT2D eigenvalue weighted by Gasteiger charge is 2.69. The molecule has 11 atom stereocenters. The molecule has 0 aromatic heterocycles. The molecule has 4 nitrogen and oxygen atoms in total. The van der Waals surface area contributed by atoms with E-state index in [9.17, 15) is 15.3 Å². The third-order valence-electron chi connectivity index (χ3n) is 8.95. The van der Waals surface area contributed by atoms with E-state index in [2.05, 4.69) is 13.8 Å². The maximum Gasteiger partial charge on any atom is 0.0900 e. The van der Waals surface area contributed by atoms with Gasteiger partial charge in [-0.3, -0.25) is 0 Å². The summed E-state index contributed by atoms with van der Waals surface area (Å²) in [7, 11) is 0. The summed E-state index contributed by atoms with van der Waals surface area (Å²) in [6.45, 7) is 4.55. The molecule has 23 heavy (non-hydrogen) atoms. The summed E-state index contributed by atoms with van der Waals surface area (Å²) in [5.41, 5.74) is 0.00813. The van der Waals surface area contributed by atoms with Gasteiger partial charge in [0.05, 0.1) is 30.5 Å². The second kappa shape index (κ2) is 4.51. The molecule has 0 spiro atoms. The Morgan fingerprint density at radius 2 is 1.52 bits per heavy atom. The molecule has 0 radical (unpaired) electrons. The zero-order valence-electron chi connectivity index (χ0n) is 14.2. The van der Waals surface area contributed by atoms with Gasteiger partial charge in [0.1, 0.15) is 0 Å². The van der Waals surface area contributed by atoms with Gasteiger partial charge in [-0.25, -0.2) is 0 Å². The van der Waals surface area contributed by atoms with E-state index in [1.54, 1.807) is 0 Å². The van der Waals surface area contributed by atoms with E-state index >= 15 is 0 Å². The van der Waals surface area contributed by atoms with Gasteiger partial charge in [0.2, 0.25) is 0 Å². The zero-order chi connectivity index (χ0) is 16.1. The molecule has 0 amide bonds. The van der Waals surface area contributed by atoms with Crippen LogP contribution in [-0.2, 0) is 4.74 Å². The summed E-state index contributed by atoms with van der Waals surface area (Å²) in [6, 6.07) is 0. The fourth-order valence-corrected chi connectivity index (χ4v) is 7.57. The number of aliphatic hydroxyl groups is 3. The number of ether oxygens (including phenoxy) is 1. The van der Waals surface area contributed by atoms with Crippen LogP contribution in [-0.4, -0.2) is 45.8 Å². The van der Waals surface area contributed by atoms with E-state index < -0.39 is 12.2 Å². The number of epoxide rings is 1. The number of hydrogen-bond donors (Lipinski definition) is 3. The number of hydrogen-bond acceptors (Lipinski definition) is 4. The van der Waals surface area contributed by atoms with Crippen molar-refractivity contribution in [2.75, 3.05) is 0 Å². The zero-order valence-corrected chi connectivity index (χ0v) is 14.2. The molecule has 4 aliphatic carbocycles. The second-order valence-corrected chi connectivity index (χ2v) is 9.62. The van der Waals surface area contributed by atoms with Crippen molar-refractivity contribution in [3.8, 4) is 0 Å². The SMILES string of the molecule is C[C@]12CC[C@H]3O[C@H]3[C@@H]1[C@@H](O)[C@H](O)[C@@H]1[C@@H]2CC[C@]2(C)[C@@H](O)CC[C@@H]12. The van der Waals surface area contributed by atoms with Crippen molar-refractivity contribution in [2.24, 2.45) is 34.5 Å². The van der Waals surface area contributed by atoms with E-state index in [0.717, 1.165) is 38.5 Å². The van der Waals surface area contributed by atoms with Gasteiger partial charge in [0.15, 0.2) is 0 Å². The van der Waals surface area contributed by atoms with Crippen molar-refractivity contribution in [3.05, 3.63) is 0 Å². The predicted octanol–water partition coefficient (Wildman–Crippen LogP) is 1.71. The molecule has 1 heterocycles. The molecule has 130 valence electrons. The standard InChI is InChI=1S/C19H30O4/c1-18-7-5-10-13(9(18)3-4-12(18)20)15(21)16(22)14-17-11(23-17)6-8-19(10,14)2/h9-17,20-22H,3-8H2,1-2H3/t9-,10-,11+,12-,13-,14-,15+,16+,17+,18-,19+/m0/s1. The quantitative estimate of drug-likeness (QED) is 0.594. The second-order valence-electron chi connectivity index (χ2n) is 9.62. The molecule has 3 N–H and O–H groups in total. The fourth-order valence-electron chi connectivity index (χ4n) is 7.57. The Labute approximate surface area is 138 Å². The Bertz CT molecular complexity index is 523. The van der Waals surface area contributed by atoms with Gasteiger partial charge in [-0.05, 0) is 67.1 Å². The minimum atomic E-state index is -0.670. The summed E-state index contributed by atoms with van der Waals surface area (Å²) < 4.78 is 5.82. The summed E-state index contributed by atoms with van der Waals surface area (Å²) >= 11 is 0. The van der Waals surface area contributed by atoms with Crippen LogP contribution in [0.5, 0.6) is 0 Å². The first-order valence-corrected chi connectivity index (χ1v) is 9.57. The Morgan fingerprint density at radius 3 is 2.30 bits per heavy atom. The summed E-state index contributed by atoms with van der Waals surface area (Å²) in [5, 5.41) is 32.5. The molecule has 1 aliphatic heterocycles. The Hall–Kier alpha value is -0.160. The molecule has 0 aromatic rings. The molecule has 4 heteroatoms. The number of fused-ring (bicyclic) bond motifs is 7. The average molecular weight is 322 g/mol. The van der Waals surface area contributed by atoms with Gasteiger partial charge in [-0.2, -0.15) is 0 Å². The lowest BCUT2D eigenvalue weighted by atomic mass is 9.44. The first kappa shape index (κ1) is 15.1. The Kier molecular flexibility index (Phi) is 2.97. The molecule has 0 bridgehead atoms. The minimum Gasteiger partial charge on any atom is -0.393 e.